The predicted octanol–water partition coefficient (Wildman–Crippen LogP) is 3.29. The molecule has 0 saturated heterocycles. The Morgan fingerprint density at radius 1 is 1.20 bits per heavy atom. The van der Waals surface area contributed by atoms with Gasteiger partial charge in [-0.05, 0) is 48.9 Å². The minimum Gasteiger partial charge on any atom is -0.309 e. The van der Waals surface area contributed by atoms with Crippen molar-refractivity contribution in [2.75, 3.05) is 18.0 Å². The van der Waals surface area contributed by atoms with Crippen LogP contribution in [-0.2, 0) is 21.2 Å². The number of carbonyl (C=O) groups is 1. The molecule has 1 aromatic carbocycles. The molecular formula is C19H30N2O3S. The highest BCUT2D eigenvalue weighted by Gasteiger charge is 2.32. The van der Waals surface area contributed by atoms with Gasteiger partial charge in [-0.2, -0.15) is 4.31 Å². The molecule has 25 heavy (non-hydrogen) atoms. The first-order valence-corrected chi connectivity index (χ1v) is 10.4. The zero-order valence-electron chi connectivity index (χ0n) is 16.1. The van der Waals surface area contributed by atoms with Gasteiger partial charge in [0.05, 0.1) is 4.90 Å². The highest BCUT2D eigenvalue weighted by atomic mass is 32.2. The Balaban J connectivity index is 2.40. The van der Waals surface area contributed by atoms with E-state index < -0.39 is 10.0 Å². The molecule has 1 aliphatic rings. The number of carbonyl (C=O) groups excluding carboxylic acids is 1. The maximum atomic E-state index is 13.1. The topological polar surface area (TPSA) is 57.7 Å². The second-order valence-electron chi connectivity index (χ2n) is 7.84. The number of fused-ring (bicyclic) bond motifs is 1. The summed E-state index contributed by atoms with van der Waals surface area (Å²) in [5.74, 6) is 0.510. The van der Waals surface area contributed by atoms with Gasteiger partial charge < -0.3 is 4.90 Å². The maximum absolute atomic E-state index is 13.1. The van der Waals surface area contributed by atoms with E-state index in [1.165, 1.54) is 0 Å². The number of rotatable bonds is 6. The lowest BCUT2D eigenvalue weighted by Gasteiger charge is -2.26. The zero-order chi connectivity index (χ0) is 18.9. The normalized spacial score (nSPS) is 17.6. The summed E-state index contributed by atoms with van der Waals surface area (Å²) in [6.45, 7) is 12.6. The highest BCUT2D eigenvalue weighted by molar-refractivity contribution is 7.89. The monoisotopic (exact) mass is 366 g/mol. The maximum Gasteiger partial charge on any atom is 0.243 e. The van der Waals surface area contributed by atoms with Crippen molar-refractivity contribution in [3.05, 3.63) is 23.8 Å². The molecule has 5 nitrogen and oxygen atoms in total. The Morgan fingerprint density at radius 3 is 2.24 bits per heavy atom. The average molecular weight is 367 g/mol. The van der Waals surface area contributed by atoms with E-state index in [4.69, 9.17) is 0 Å². The molecule has 1 heterocycles. The minimum absolute atomic E-state index is 0.0110. The lowest BCUT2D eigenvalue weighted by atomic mass is 10.1. The number of hydrogen-bond acceptors (Lipinski definition) is 3. The van der Waals surface area contributed by atoms with Gasteiger partial charge in [0.25, 0.3) is 0 Å². The Bertz CT molecular complexity index is 731. The van der Waals surface area contributed by atoms with E-state index >= 15 is 0 Å². The van der Waals surface area contributed by atoms with Gasteiger partial charge >= 0.3 is 0 Å². The van der Waals surface area contributed by atoms with Crippen LogP contribution < -0.4 is 4.90 Å². The molecule has 2 rings (SSSR count). The Kier molecular flexibility index (Phi) is 5.94. The van der Waals surface area contributed by atoms with E-state index in [-0.39, 0.29) is 23.8 Å². The van der Waals surface area contributed by atoms with E-state index in [1.54, 1.807) is 34.3 Å². The first kappa shape index (κ1) is 19.9. The van der Waals surface area contributed by atoms with Crippen LogP contribution in [0.4, 0.5) is 5.69 Å². The second-order valence-corrected chi connectivity index (χ2v) is 9.78. The van der Waals surface area contributed by atoms with Gasteiger partial charge in [-0.25, -0.2) is 8.42 Å². The summed E-state index contributed by atoms with van der Waals surface area (Å²) in [5.41, 5.74) is 1.76. The van der Waals surface area contributed by atoms with Crippen LogP contribution in [0.2, 0.25) is 0 Å². The Labute approximate surface area is 152 Å². The van der Waals surface area contributed by atoms with Gasteiger partial charge in [-0.3, -0.25) is 4.79 Å². The average Bonchev–Trinajstić information content (AvgIpc) is 2.80. The van der Waals surface area contributed by atoms with Crippen molar-refractivity contribution >= 4 is 21.6 Å². The van der Waals surface area contributed by atoms with E-state index in [0.717, 1.165) is 11.3 Å². The fraction of sp³-hybridized carbons (Fsp3) is 0.632. The van der Waals surface area contributed by atoms with Crippen LogP contribution in [0.5, 0.6) is 0 Å². The molecule has 1 aromatic rings. The Morgan fingerprint density at radius 2 is 1.76 bits per heavy atom. The molecule has 0 aromatic heterocycles. The fourth-order valence-corrected chi connectivity index (χ4v) is 5.30. The third kappa shape index (κ3) is 4.23. The predicted molar refractivity (Wildman–Crippen MR) is 101 cm³/mol. The van der Waals surface area contributed by atoms with E-state index in [0.29, 0.717) is 24.4 Å². The molecule has 0 fully saturated rings. The lowest BCUT2D eigenvalue weighted by Crippen LogP contribution is -2.37. The summed E-state index contributed by atoms with van der Waals surface area (Å²) >= 11 is 0. The van der Waals surface area contributed by atoms with Crippen LogP contribution in [0, 0.1) is 11.8 Å². The van der Waals surface area contributed by atoms with Gasteiger partial charge in [-0.1, -0.05) is 27.7 Å². The molecule has 0 saturated carbocycles. The van der Waals surface area contributed by atoms with Gasteiger partial charge in [0, 0.05) is 31.7 Å². The molecule has 1 aliphatic heterocycles. The van der Waals surface area contributed by atoms with Crippen LogP contribution in [0.25, 0.3) is 0 Å². The van der Waals surface area contributed by atoms with Crippen LogP contribution >= 0.6 is 0 Å². The number of anilines is 1. The SMILES string of the molecule is CC(=O)N1c2ccc(S(=O)(=O)N(CC(C)C)CC(C)C)cc2CC1C. The molecule has 1 amide bonds. The first-order valence-electron chi connectivity index (χ1n) is 8.97. The van der Waals surface area contributed by atoms with Crippen molar-refractivity contribution in [1.82, 2.24) is 4.31 Å². The van der Waals surface area contributed by atoms with Gasteiger partial charge in [0.15, 0.2) is 0 Å². The van der Waals surface area contributed by atoms with Gasteiger partial charge in [-0.15, -0.1) is 0 Å². The summed E-state index contributed by atoms with van der Waals surface area (Å²) in [7, 11) is -3.54. The number of hydrogen-bond donors (Lipinski definition) is 0. The third-order valence-electron chi connectivity index (χ3n) is 4.38. The minimum atomic E-state index is -3.54. The molecule has 1 unspecified atom stereocenters. The van der Waals surface area contributed by atoms with E-state index in [1.807, 2.05) is 34.6 Å². The molecular weight excluding hydrogens is 336 g/mol. The Hall–Kier alpha value is -1.40. The number of benzene rings is 1. The molecule has 0 N–H and O–H groups in total. The molecule has 0 aliphatic carbocycles. The van der Waals surface area contributed by atoms with Crippen molar-refractivity contribution in [1.29, 1.82) is 0 Å². The van der Waals surface area contributed by atoms with Crippen molar-refractivity contribution in [3.63, 3.8) is 0 Å². The smallest absolute Gasteiger partial charge is 0.243 e. The summed E-state index contributed by atoms with van der Waals surface area (Å²) in [6.07, 6.45) is 0.687. The van der Waals surface area contributed by atoms with Crippen molar-refractivity contribution in [3.8, 4) is 0 Å². The summed E-state index contributed by atoms with van der Waals surface area (Å²) in [6, 6.07) is 5.22. The first-order chi connectivity index (χ1) is 11.5. The van der Waals surface area contributed by atoms with Crippen molar-refractivity contribution in [2.45, 2.75) is 58.9 Å². The number of amides is 1. The number of nitrogens with zero attached hydrogens (tertiary/aromatic N) is 2. The van der Waals surface area contributed by atoms with Crippen molar-refractivity contribution in [2.24, 2.45) is 11.8 Å². The molecule has 0 spiro atoms. The van der Waals surface area contributed by atoms with Gasteiger partial charge in [0.2, 0.25) is 15.9 Å². The molecule has 1 atom stereocenters. The summed E-state index contributed by atoms with van der Waals surface area (Å²) < 4.78 is 27.9. The lowest BCUT2D eigenvalue weighted by molar-refractivity contribution is -0.116. The second kappa shape index (κ2) is 7.46. The molecule has 0 bridgehead atoms. The molecule has 140 valence electrons. The highest BCUT2D eigenvalue weighted by Crippen LogP contribution is 2.34. The summed E-state index contributed by atoms with van der Waals surface area (Å²) in [5, 5.41) is 0. The van der Waals surface area contributed by atoms with Crippen molar-refractivity contribution < 1.29 is 13.2 Å². The zero-order valence-corrected chi connectivity index (χ0v) is 16.9. The summed E-state index contributed by atoms with van der Waals surface area (Å²) in [4.78, 5) is 13.9. The quantitative estimate of drug-likeness (QED) is 0.776. The molecule has 6 heteroatoms. The third-order valence-corrected chi connectivity index (χ3v) is 6.21. The molecule has 0 radical (unpaired) electrons. The fourth-order valence-electron chi connectivity index (χ4n) is 3.48. The van der Waals surface area contributed by atoms with Gasteiger partial charge in [0.1, 0.15) is 0 Å². The van der Waals surface area contributed by atoms with Crippen LogP contribution in [0.3, 0.4) is 0 Å². The van der Waals surface area contributed by atoms with Crippen LogP contribution in [0.15, 0.2) is 23.1 Å². The number of sulfonamides is 1. The van der Waals surface area contributed by atoms with E-state index in [2.05, 4.69) is 0 Å². The van der Waals surface area contributed by atoms with Crippen LogP contribution in [0.1, 0.15) is 47.1 Å². The van der Waals surface area contributed by atoms with E-state index in [9.17, 15) is 13.2 Å². The standard InChI is InChI=1S/C19H30N2O3S/c1-13(2)11-20(12-14(3)4)25(23,24)18-7-8-19-17(10-18)9-15(5)21(19)16(6)22/h7-8,10,13-15H,9,11-12H2,1-6H3. The largest absolute Gasteiger partial charge is 0.309 e. The van der Waals surface area contributed by atoms with Crippen LogP contribution in [-0.4, -0.2) is 37.8 Å².